The molecule has 0 amide bonds. The monoisotopic (exact) mass is 236 g/mol. The fourth-order valence-electron chi connectivity index (χ4n) is 0.811. The molecule has 0 unspecified atom stereocenters. The van der Waals surface area contributed by atoms with Crippen molar-refractivity contribution >= 4 is 17.1 Å². The fourth-order valence-corrected chi connectivity index (χ4v) is 0.930. The fraction of sp³-hybridized carbons (Fsp3) is 0.533. The van der Waals surface area contributed by atoms with E-state index in [4.69, 9.17) is 12.2 Å². The van der Waals surface area contributed by atoms with Gasteiger partial charge in [-0.2, -0.15) is 0 Å². The van der Waals surface area contributed by atoms with E-state index in [1.54, 1.807) is 0 Å². The first-order valence-corrected chi connectivity index (χ1v) is 6.50. The summed E-state index contributed by atoms with van der Waals surface area (Å²) < 4.78 is 0. The standard InChI is InChI=1S/C10H10S.C3H8.C2H6/c1-3-10(11)9-6-4-8(2)5-7-9;1-3-2;1-2/h4,6H,3H2,1-2H3;3H2,1-2H3;1-2H3. The highest BCUT2D eigenvalue weighted by Crippen LogP contribution is 2.01. The average molecular weight is 236 g/mol. The van der Waals surface area contributed by atoms with Gasteiger partial charge in [0.2, 0.25) is 0 Å². The van der Waals surface area contributed by atoms with Crippen LogP contribution < -0.4 is 0 Å². The van der Waals surface area contributed by atoms with Gasteiger partial charge in [0.05, 0.1) is 0 Å². The smallest absolute Gasteiger partial charge is 0.0388 e. The maximum atomic E-state index is 5.11. The van der Waals surface area contributed by atoms with Crippen molar-refractivity contribution in [1.29, 1.82) is 0 Å². The molecule has 0 aliphatic carbocycles. The quantitative estimate of drug-likeness (QED) is 0.504. The molecule has 0 heterocycles. The van der Waals surface area contributed by atoms with E-state index in [0.29, 0.717) is 0 Å². The minimum Gasteiger partial charge on any atom is -0.0836 e. The topological polar surface area (TPSA) is 0 Å². The zero-order chi connectivity index (χ0) is 13.0. The minimum atomic E-state index is 0.905. The lowest BCUT2D eigenvalue weighted by molar-refractivity contribution is 1.09. The maximum absolute atomic E-state index is 5.11. The summed E-state index contributed by atoms with van der Waals surface area (Å²) in [5.74, 6) is 0. The van der Waals surface area contributed by atoms with Gasteiger partial charge in [-0.05, 0) is 31.0 Å². The molecule has 1 rings (SSSR count). The minimum absolute atomic E-state index is 0.905. The second-order valence-corrected chi connectivity index (χ2v) is 3.66. The highest BCUT2D eigenvalue weighted by molar-refractivity contribution is 7.80. The molecule has 0 saturated carbocycles. The summed E-state index contributed by atoms with van der Waals surface area (Å²) in [6.45, 7) is 12.3. The first-order chi connectivity index (χ1) is 7.65. The summed E-state index contributed by atoms with van der Waals surface area (Å²) in [5.41, 5.74) is 2.11. The van der Waals surface area contributed by atoms with E-state index in [9.17, 15) is 0 Å². The zero-order valence-corrected chi connectivity index (χ0v) is 12.3. The second-order valence-electron chi connectivity index (χ2n) is 3.16. The summed E-state index contributed by atoms with van der Waals surface area (Å²) in [6.07, 6.45) is 2.16. The lowest BCUT2D eigenvalue weighted by Gasteiger charge is -1.94. The first kappa shape index (κ1) is 17.5. The molecule has 0 bridgehead atoms. The number of thiocarbonyl (C=S) groups is 1. The van der Waals surface area contributed by atoms with Crippen molar-refractivity contribution in [2.45, 2.75) is 54.4 Å². The lowest BCUT2D eigenvalue weighted by atomic mass is 10.1. The Labute approximate surface area is 107 Å². The van der Waals surface area contributed by atoms with Crippen molar-refractivity contribution in [1.82, 2.24) is 0 Å². The third-order valence-electron chi connectivity index (χ3n) is 1.52. The largest absolute Gasteiger partial charge is 0.0836 e. The van der Waals surface area contributed by atoms with Crippen LogP contribution in [-0.2, 0) is 0 Å². The van der Waals surface area contributed by atoms with E-state index < -0.39 is 0 Å². The van der Waals surface area contributed by atoms with E-state index in [2.05, 4.69) is 32.9 Å². The van der Waals surface area contributed by atoms with Crippen LogP contribution in [0, 0.1) is 19.1 Å². The molecule has 16 heavy (non-hydrogen) atoms. The van der Waals surface area contributed by atoms with E-state index in [1.807, 2.05) is 32.9 Å². The van der Waals surface area contributed by atoms with Crippen LogP contribution >= 0.6 is 12.2 Å². The Morgan fingerprint density at radius 1 is 1.12 bits per heavy atom. The van der Waals surface area contributed by atoms with Gasteiger partial charge in [-0.15, -0.1) is 0 Å². The Kier molecular flexibility index (Phi) is 13.4. The van der Waals surface area contributed by atoms with Crippen molar-refractivity contribution in [2.24, 2.45) is 0 Å². The lowest BCUT2D eigenvalue weighted by Crippen LogP contribution is -1.92. The molecule has 90 valence electrons. The van der Waals surface area contributed by atoms with Crippen LogP contribution in [0.25, 0.3) is 0 Å². The molecule has 1 aromatic carbocycles. The molecule has 0 spiro atoms. The second kappa shape index (κ2) is 12.2. The van der Waals surface area contributed by atoms with Gasteiger partial charge in [0, 0.05) is 10.4 Å². The molecule has 0 nitrogen and oxygen atoms in total. The number of rotatable bonds is 2. The average Bonchev–Trinajstić information content (AvgIpc) is 2.33. The highest BCUT2D eigenvalue weighted by Gasteiger charge is 1.95. The Morgan fingerprint density at radius 2 is 1.62 bits per heavy atom. The van der Waals surface area contributed by atoms with Crippen molar-refractivity contribution in [3.8, 4) is 0 Å². The molecular formula is C15H24S. The third kappa shape index (κ3) is 8.44. The normalized spacial score (nSPS) is 7.62. The van der Waals surface area contributed by atoms with Gasteiger partial charge in [0.1, 0.15) is 0 Å². The van der Waals surface area contributed by atoms with Gasteiger partial charge < -0.3 is 0 Å². The predicted molar refractivity (Wildman–Crippen MR) is 78.2 cm³/mol. The molecule has 0 fully saturated rings. The van der Waals surface area contributed by atoms with Crippen LogP contribution in [0.5, 0.6) is 0 Å². The van der Waals surface area contributed by atoms with Crippen LogP contribution in [0.15, 0.2) is 12.1 Å². The Bertz CT molecular complexity index is 259. The van der Waals surface area contributed by atoms with Gasteiger partial charge >= 0.3 is 0 Å². The van der Waals surface area contributed by atoms with E-state index in [-0.39, 0.29) is 0 Å². The molecule has 0 atom stereocenters. The Balaban J connectivity index is 0. The third-order valence-corrected chi connectivity index (χ3v) is 2.02. The van der Waals surface area contributed by atoms with Gasteiger partial charge in [0.15, 0.2) is 0 Å². The summed E-state index contributed by atoms with van der Waals surface area (Å²) >= 11 is 5.11. The maximum Gasteiger partial charge on any atom is 0.0388 e. The van der Waals surface area contributed by atoms with E-state index >= 15 is 0 Å². The Morgan fingerprint density at radius 3 is 1.94 bits per heavy atom. The van der Waals surface area contributed by atoms with Crippen LogP contribution in [-0.4, -0.2) is 4.86 Å². The van der Waals surface area contributed by atoms with Crippen LogP contribution in [0.4, 0.5) is 0 Å². The zero-order valence-electron chi connectivity index (χ0n) is 11.5. The summed E-state index contributed by atoms with van der Waals surface area (Å²) in [6, 6.07) is 10.0. The highest BCUT2D eigenvalue weighted by atomic mass is 32.1. The van der Waals surface area contributed by atoms with E-state index in [0.717, 1.165) is 22.4 Å². The van der Waals surface area contributed by atoms with Gasteiger partial charge in [0.25, 0.3) is 0 Å². The van der Waals surface area contributed by atoms with Crippen molar-refractivity contribution in [2.75, 3.05) is 0 Å². The van der Waals surface area contributed by atoms with Crippen LogP contribution in [0.1, 0.15) is 58.6 Å². The van der Waals surface area contributed by atoms with Gasteiger partial charge in [-0.3, -0.25) is 0 Å². The molecule has 0 aromatic heterocycles. The van der Waals surface area contributed by atoms with Crippen molar-refractivity contribution < 1.29 is 0 Å². The van der Waals surface area contributed by atoms with Crippen molar-refractivity contribution in [3.05, 3.63) is 35.4 Å². The molecule has 0 saturated heterocycles. The SMILES string of the molecule is CC.CCC.CCC(=S)c1c#cc(C)cc1. The first-order valence-electron chi connectivity index (χ1n) is 6.09. The number of aryl methyl sites for hydroxylation is 1. The van der Waals surface area contributed by atoms with Crippen molar-refractivity contribution in [3.63, 3.8) is 0 Å². The molecule has 0 aliphatic heterocycles. The van der Waals surface area contributed by atoms with Crippen LogP contribution in [0.3, 0.4) is 0 Å². The molecule has 1 aromatic rings. The Hall–Kier alpha value is -0.870. The predicted octanol–water partition coefficient (Wildman–Crippen LogP) is 5.17. The van der Waals surface area contributed by atoms with E-state index in [1.165, 1.54) is 6.42 Å². The molecule has 1 heteroatoms. The molecular weight excluding hydrogens is 212 g/mol. The summed E-state index contributed by atoms with van der Waals surface area (Å²) in [4.78, 5) is 0.959. The number of hydrogen-bond acceptors (Lipinski definition) is 1. The molecule has 0 aliphatic rings. The van der Waals surface area contributed by atoms with Gasteiger partial charge in [-0.25, -0.2) is 0 Å². The number of hydrogen-bond donors (Lipinski definition) is 0. The summed E-state index contributed by atoms with van der Waals surface area (Å²) in [7, 11) is 0. The van der Waals surface area contributed by atoms with Gasteiger partial charge in [-0.1, -0.05) is 65.4 Å². The molecule has 0 radical (unpaired) electrons. The molecule has 0 N–H and O–H groups in total. The van der Waals surface area contributed by atoms with Crippen LogP contribution in [0.2, 0.25) is 0 Å². The summed E-state index contributed by atoms with van der Waals surface area (Å²) in [5, 5.41) is 0.